The highest BCUT2D eigenvalue weighted by molar-refractivity contribution is 9.10. The van der Waals surface area contributed by atoms with Crippen molar-refractivity contribution in [1.82, 2.24) is 14.8 Å². The van der Waals surface area contributed by atoms with Crippen LogP contribution >= 0.6 is 15.9 Å². The molecular weight excluding hydrogens is 398 g/mol. The van der Waals surface area contributed by atoms with Gasteiger partial charge < -0.3 is 14.6 Å². The molecule has 1 N–H and O–H groups in total. The van der Waals surface area contributed by atoms with Crippen LogP contribution in [0.15, 0.2) is 45.8 Å². The summed E-state index contributed by atoms with van der Waals surface area (Å²) in [5.41, 5.74) is 2.00. The number of hydrogen-bond acceptors (Lipinski definition) is 4. The minimum absolute atomic E-state index is 0.131. The number of nitrogens with one attached hydrogen (secondary N) is 1. The van der Waals surface area contributed by atoms with Crippen molar-refractivity contribution >= 4 is 21.8 Å². The summed E-state index contributed by atoms with van der Waals surface area (Å²) < 4.78 is 6.05. The van der Waals surface area contributed by atoms with E-state index in [4.69, 9.17) is 4.74 Å². The molecule has 0 aliphatic carbocycles. The number of aromatic nitrogens is 1. The summed E-state index contributed by atoms with van der Waals surface area (Å²) >= 11 is 3.28. The normalized spacial score (nSPS) is 15.0. The highest BCUT2D eigenvalue weighted by atomic mass is 79.9. The van der Waals surface area contributed by atoms with Gasteiger partial charge in [0.05, 0.1) is 13.2 Å². The number of ether oxygens (including phenoxy) is 1. The molecular formula is C19H22BrN3O3. The van der Waals surface area contributed by atoms with Gasteiger partial charge in [0.2, 0.25) is 0 Å². The van der Waals surface area contributed by atoms with Crippen LogP contribution in [0.4, 0.5) is 0 Å². The van der Waals surface area contributed by atoms with E-state index in [-0.39, 0.29) is 17.0 Å². The van der Waals surface area contributed by atoms with Crippen LogP contribution in [-0.2, 0) is 17.8 Å². The van der Waals surface area contributed by atoms with E-state index >= 15 is 0 Å². The molecule has 1 aliphatic rings. The molecule has 6 nitrogen and oxygen atoms in total. The first-order valence-corrected chi connectivity index (χ1v) is 9.34. The predicted octanol–water partition coefficient (Wildman–Crippen LogP) is 2.24. The second-order valence-corrected chi connectivity index (χ2v) is 7.35. The molecule has 1 amide bonds. The molecule has 2 heterocycles. The van der Waals surface area contributed by atoms with Crippen molar-refractivity contribution in [3.63, 3.8) is 0 Å². The Balaban J connectivity index is 1.67. The van der Waals surface area contributed by atoms with Crippen LogP contribution in [-0.4, -0.2) is 54.0 Å². The summed E-state index contributed by atoms with van der Waals surface area (Å²) in [6, 6.07) is 9.77. The fourth-order valence-electron chi connectivity index (χ4n) is 3.01. The van der Waals surface area contributed by atoms with Crippen molar-refractivity contribution in [2.45, 2.75) is 13.1 Å². The Morgan fingerprint density at radius 1 is 1.27 bits per heavy atom. The van der Waals surface area contributed by atoms with Crippen molar-refractivity contribution in [2.24, 2.45) is 0 Å². The van der Waals surface area contributed by atoms with E-state index in [9.17, 15) is 9.59 Å². The summed E-state index contributed by atoms with van der Waals surface area (Å²) in [6.45, 7) is 4.75. The van der Waals surface area contributed by atoms with Crippen LogP contribution in [0.3, 0.4) is 0 Å². The first-order chi connectivity index (χ1) is 12.5. The summed E-state index contributed by atoms with van der Waals surface area (Å²) in [5.74, 6) is -0.300. The molecule has 0 spiro atoms. The van der Waals surface area contributed by atoms with Gasteiger partial charge in [-0.3, -0.25) is 14.5 Å². The number of carbonyl (C=O) groups excluding carboxylic acids is 1. The molecule has 1 aliphatic heterocycles. The van der Waals surface area contributed by atoms with E-state index in [1.807, 2.05) is 12.1 Å². The van der Waals surface area contributed by atoms with Crippen LogP contribution in [0, 0.1) is 0 Å². The number of rotatable bonds is 5. The second-order valence-electron chi connectivity index (χ2n) is 6.43. The molecule has 138 valence electrons. The minimum atomic E-state index is -0.383. The number of amides is 1. The fourth-order valence-corrected chi connectivity index (χ4v) is 3.35. The van der Waals surface area contributed by atoms with Crippen LogP contribution in [0.1, 0.15) is 21.5 Å². The largest absolute Gasteiger partial charge is 0.379 e. The molecule has 1 aromatic carbocycles. The Hall–Kier alpha value is -1.96. The summed E-state index contributed by atoms with van der Waals surface area (Å²) in [4.78, 5) is 31.0. The maximum absolute atomic E-state index is 12.6. The third-order valence-electron chi connectivity index (χ3n) is 4.37. The van der Waals surface area contributed by atoms with E-state index < -0.39 is 0 Å². The molecule has 3 rings (SSSR count). The molecule has 0 saturated carbocycles. The van der Waals surface area contributed by atoms with Crippen LogP contribution in [0.25, 0.3) is 0 Å². The van der Waals surface area contributed by atoms with Crippen LogP contribution < -0.4 is 5.56 Å². The third kappa shape index (κ3) is 4.81. The Morgan fingerprint density at radius 2 is 2.00 bits per heavy atom. The lowest BCUT2D eigenvalue weighted by atomic mass is 10.1. The lowest BCUT2D eigenvalue weighted by Crippen LogP contribution is -2.35. The molecule has 7 heteroatoms. The van der Waals surface area contributed by atoms with Gasteiger partial charge in [0.25, 0.3) is 11.5 Å². The second kappa shape index (κ2) is 8.62. The maximum Gasteiger partial charge on any atom is 0.260 e. The standard InChI is InChI=1S/C19H22BrN3O3/c1-22(19(25)17-10-16(20)11-21-18(17)24)12-14-3-2-4-15(9-14)13-23-5-7-26-8-6-23/h2-4,9-11H,5-8,12-13H2,1H3,(H,21,24). The van der Waals surface area contributed by atoms with E-state index in [0.29, 0.717) is 11.0 Å². The number of aromatic amines is 1. The van der Waals surface area contributed by atoms with Gasteiger partial charge in [-0.15, -0.1) is 0 Å². The Labute approximate surface area is 160 Å². The van der Waals surface area contributed by atoms with E-state index in [0.717, 1.165) is 38.4 Å². The lowest BCUT2D eigenvalue weighted by Gasteiger charge is -2.26. The number of carbonyl (C=O) groups is 1. The Morgan fingerprint density at radius 3 is 2.77 bits per heavy atom. The molecule has 0 atom stereocenters. The number of morpholine rings is 1. The van der Waals surface area contributed by atoms with E-state index in [1.165, 1.54) is 11.8 Å². The lowest BCUT2D eigenvalue weighted by molar-refractivity contribution is 0.0342. The first-order valence-electron chi connectivity index (χ1n) is 8.54. The zero-order valence-electron chi connectivity index (χ0n) is 14.7. The van der Waals surface area contributed by atoms with Gasteiger partial charge in [-0.2, -0.15) is 0 Å². The van der Waals surface area contributed by atoms with E-state index in [1.54, 1.807) is 18.0 Å². The number of halogens is 1. The topological polar surface area (TPSA) is 65.6 Å². The maximum atomic E-state index is 12.6. The molecule has 26 heavy (non-hydrogen) atoms. The highest BCUT2D eigenvalue weighted by Crippen LogP contribution is 2.13. The number of H-pyrrole nitrogens is 1. The number of nitrogens with zero attached hydrogens (tertiary/aromatic N) is 2. The van der Waals surface area contributed by atoms with Gasteiger partial charge in [0.1, 0.15) is 5.56 Å². The average molecular weight is 420 g/mol. The average Bonchev–Trinajstić information content (AvgIpc) is 2.64. The fraction of sp³-hybridized carbons (Fsp3) is 0.368. The quantitative estimate of drug-likeness (QED) is 0.806. The van der Waals surface area contributed by atoms with Gasteiger partial charge in [0, 0.05) is 43.9 Å². The summed E-state index contributed by atoms with van der Waals surface area (Å²) in [6.07, 6.45) is 1.52. The predicted molar refractivity (Wildman–Crippen MR) is 103 cm³/mol. The summed E-state index contributed by atoms with van der Waals surface area (Å²) in [7, 11) is 1.71. The minimum Gasteiger partial charge on any atom is -0.379 e. The SMILES string of the molecule is CN(Cc1cccc(CN2CCOCC2)c1)C(=O)c1cc(Br)c[nH]c1=O. The number of benzene rings is 1. The monoisotopic (exact) mass is 419 g/mol. The number of pyridine rings is 1. The zero-order valence-corrected chi connectivity index (χ0v) is 16.3. The van der Waals surface area contributed by atoms with Gasteiger partial charge in [0.15, 0.2) is 0 Å². The van der Waals surface area contributed by atoms with Gasteiger partial charge >= 0.3 is 0 Å². The molecule has 0 bridgehead atoms. The molecule has 1 fully saturated rings. The van der Waals surface area contributed by atoms with Gasteiger partial charge in [-0.1, -0.05) is 24.3 Å². The first kappa shape index (κ1) is 18.8. The van der Waals surface area contributed by atoms with Crippen molar-refractivity contribution < 1.29 is 9.53 Å². The van der Waals surface area contributed by atoms with Crippen molar-refractivity contribution in [3.8, 4) is 0 Å². The number of hydrogen-bond donors (Lipinski definition) is 1. The molecule has 0 radical (unpaired) electrons. The molecule has 2 aromatic rings. The Bertz CT molecular complexity index is 831. The smallest absolute Gasteiger partial charge is 0.260 e. The van der Waals surface area contributed by atoms with Crippen LogP contribution in [0.2, 0.25) is 0 Å². The highest BCUT2D eigenvalue weighted by Gasteiger charge is 2.17. The Kier molecular flexibility index (Phi) is 6.24. The van der Waals surface area contributed by atoms with Crippen molar-refractivity contribution in [2.75, 3.05) is 33.4 Å². The molecule has 1 saturated heterocycles. The van der Waals surface area contributed by atoms with Crippen LogP contribution in [0.5, 0.6) is 0 Å². The van der Waals surface area contributed by atoms with E-state index in [2.05, 4.69) is 37.9 Å². The molecule has 0 unspecified atom stereocenters. The molecule has 1 aromatic heterocycles. The third-order valence-corrected chi connectivity index (χ3v) is 4.82. The summed E-state index contributed by atoms with van der Waals surface area (Å²) in [5, 5.41) is 0. The van der Waals surface area contributed by atoms with Crippen molar-refractivity contribution in [1.29, 1.82) is 0 Å². The van der Waals surface area contributed by atoms with Gasteiger partial charge in [-0.05, 0) is 33.1 Å². The van der Waals surface area contributed by atoms with Gasteiger partial charge in [-0.25, -0.2) is 0 Å². The zero-order chi connectivity index (χ0) is 18.5. The van der Waals surface area contributed by atoms with Crippen molar-refractivity contribution in [3.05, 3.63) is 68.0 Å².